The molecule has 0 aliphatic carbocycles. The number of benzene rings is 1. The Morgan fingerprint density at radius 3 is 2.79 bits per heavy atom. The van der Waals surface area contributed by atoms with Crippen LogP contribution in [0.3, 0.4) is 0 Å². The van der Waals surface area contributed by atoms with Crippen LogP contribution in [0.25, 0.3) is 11.3 Å². The zero-order chi connectivity index (χ0) is 14.0. The number of carboxylic acids is 1. The fourth-order valence-corrected chi connectivity index (χ4v) is 1.74. The first-order valence-corrected chi connectivity index (χ1v) is 5.50. The Balaban J connectivity index is 2.68. The molecule has 2 rings (SSSR count). The Hall–Kier alpha value is -2.21. The van der Waals surface area contributed by atoms with E-state index in [1.165, 1.54) is 13.2 Å². The van der Waals surface area contributed by atoms with Crippen molar-refractivity contribution in [1.82, 2.24) is 9.97 Å². The maximum Gasteiger partial charge on any atom is 0.357 e. The highest BCUT2D eigenvalue weighted by molar-refractivity contribution is 6.31. The molecule has 0 fully saturated rings. The Labute approximate surface area is 112 Å². The lowest BCUT2D eigenvalue weighted by molar-refractivity contribution is 0.0684. The first-order chi connectivity index (χ1) is 9.04. The van der Waals surface area contributed by atoms with Gasteiger partial charge in [0.1, 0.15) is 17.8 Å². The van der Waals surface area contributed by atoms with Gasteiger partial charge in [0, 0.05) is 10.6 Å². The van der Waals surface area contributed by atoms with Gasteiger partial charge in [0.05, 0.1) is 7.11 Å². The third-order valence-electron chi connectivity index (χ3n) is 2.41. The first kappa shape index (κ1) is 13.2. The van der Waals surface area contributed by atoms with Crippen molar-refractivity contribution in [3.05, 3.63) is 41.1 Å². The standard InChI is InChI=1S/C12H8ClFN2O3/c1-19-8-3-2-6(13)4-7(8)10-9(14)11(12(17)18)16-5-15-10/h2-5H,1H3,(H,17,18). The molecule has 0 atom stereocenters. The van der Waals surface area contributed by atoms with Gasteiger partial charge in [-0.2, -0.15) is 0 Å². The molecule has 0 spiro atoms. The van der Waals surface area contributed by atoms with Crippen molar-refractivity contribution in [2.45, 2.75) is 0 Å². The third-order valence-corrected chi connectivity index (χ3v) is 2.64. The predicted molar refractivity (Wildman–Crippen MR) is 65.9 cm³/mol. The van der Waals surface area contributed by atoms with Crippen molar-refractivity contribution in [2.75, 3.05) is 7.11 Å². The third kappa shape index (κ3) is 2.48. The van der Waals surface area contributed by atoms with E-state index in [2.05, 4.69) is 9.97 Å². The molecule has 5 nitrogen and oxygen atoms in total. The lowest BCUT2D eigenvalue weighted by Gasteiger charge is -2.09. The summed E-state index contributed by atoms with van der Waals surface area (Å²) in [7, 11) is 1.41. The Morgan fingerprint density at radius 1 is 1.42 bits per heavy atom. The van der Waals surface area contributed by atoms with E-state index in [1.807, 2.05) is 0 Å². The smallest absolute Gasteiger partial charge is 0.357 e. The molecule has 0 amide bonds. The molecule has 0 radical (unpaired) electrons. The van der Waals surface area contributed by atoms with Gasteiger partial charge in [-0.3, -0.25) is 0 Å². The second-order valence-corrected chi connectivity index (χ2v) is 3.97. The van der Waals surface area contributed by atoms with Crippen molar-refractivity contribution in [2.24, 2.45) is 0 Å². The summed E-state index contributed by atoms with van der Waals surface area (Å²) in [6.07, 6.45) is 0.974. The Kier molecular flexibility index (Phi) is 3.62. The molecule has 2 aromatic rings. The number of ether oxygens (including phenoxy) is 1. The van der Waals surface area contributed by atoms with Crippen LogP contribution in [0.1, 0.15) is 10.5 Å². The second-order valence-electron chi connectivity index (χ2n) is 3.53. The number of nitrogens with zero attached hydrogens (tertiary/aromatic N) is 2. The van der Waals surface area contributed by atoms with E-state index in [-0.39, 0.29) is 11.3 Å². The zero-order valence-electron chi connectivity index (χ0n) is 9.72. The second kappa shape index (κ2) is 5.19. The molecule has 7 heteroatoms. The molecule has 0 aliphatic heterocycles. The van der Waals surface area contributed by atoms with Crippen LogP contribution in [-0.2, 0) is 0 Å². The topological polar surface area (TPSA) is 72.3 Å². The summed E-state index contributed by atoms with van der Waals surface area (Å²) in [5.41, 5.74) is -0.615. The molecule has 19 heavy (non-hydrogen) atoms. The van der Waals surface area contributed by atoms with Gasteiger partial charge < -0.3 is 9.84 Å². The van der Waals surface area contributed by atoms with Crippen molar-refractivity contribution in [3.8, 4) is 17.0 Å². The number of methoxy groups -OCH3 is 1. The van der Waals surface area contributed by atoms with Crippen LogP contribution in [0.5, 0.6) is 5.75 Å². The van der Waals surface area contributed by atoms with Crippen LogP contribution >= 0.6 is 11.6 Å². The number of hydrogen-bond acceptors (Lipinski definition) is 4. The van der Waals surface area contributed by atoms with Gasteiger partial charge in [0.25, 0.3) is 0 Å². The number of aromatic carboxylic acids is 1. The molecule has 0 saturated carbocycles. The summed E-state index contributed by atoms with van der Waals surface area (Å²) >= 11 is 5.84. The van der Waals surface area contributed by atoms with Gasteiger partial charge in [-0.15, -0.1) is 0 Å². The van der Waals surface area contributed by atoms with Crippen molar-refractivity contribution < 1.29 is 19.0 Å². The highest BCUT2D eigenvalue weighted by atomic mass is 35.5. The lowest BCUT2D eigenvalue weighted by atomic mass is 10.1. The number of halogens is 2. The summed E-state index contributed by atoms with van der Waals surface area (Å²) in [6, 6.07) is 4.55. The minimum Gasteiger partial charge on any atom is -0.496 e. The first-order valence-electron chi connectivity index (χ1n) is 5.12. The zero-order valence-corrected chi connectivity index (χ0v) is 10.5. The van der Waals surface area contributed by atoms with Crippen LogP contribution in [0.2, 0.25) is 5.02 Å². The van der Waals surface area contributed by atoms with E-state index in [4.69, 9.17) is 21.4 Å². The normalized spacial score (nSPS) is 10.3. The molecule has 98 valence electrons. The number of aromatic nitrogens is 2. The number of carbonyl (C=O) groups is 1. The summed E-state index contributed by atoms with van der Waals surface area (Å²) in [5, 5.41) is 9.18. The van der Waals surface area contributed by atoms with E-state index in [9.17, 15) is 9.18 Å². The molecule has 1 N–H and O–H groups in total. The predicted octanol–water partition coefficient (Wildman–Crippen LogP) is 2.64. The molecule has 1 aromatic heterocycles. The highest BCUT2D eigenvalue weighted by Gasteiger charge is 2.20. The van der Waals surface area contributed by atoms with Gasteiger partial charge in [0.2, 0.25) is 0 Å². The monoisotopic (exact) mass is 282 g/mol. The molecule has 1 aromatic carbocycles. The maximum atomic E-state index is 14.1. The molecular weight excluding hydrogens is 275 g/mol. The molecule has 0 saturated heterocycles. The van der Waals surface area contributed by atoms with Crippen LogP contribution in [-0.4, -0.2) is 28.2 Å². The molecule has 0 aliphatic rings. The lowest BCUT2D eigenvalue weighted by Crippen LogP contribution is -2.07. The minimum absolute atomic E-state index is 0.174. The van der Waals surface area contributed by atoms with Gasteiger partial charge in [-0.1, -0.05) is 11.6 Å². The molecule has 1 heterocycles. The van der Waals surface area contributed by atoms with Gasteiger partial charge in [-0.25, -0.2) is 19.2 Å². The Bertz CT molecular complexity index is 649. The molecular formula is C12H8ClFN2O3. The van der Waals surface area contributed by atoms with E-state index in [1.54, 1.807) is 12.1 Å². The SMILES string of the molecule is COc1ccc(Cl)cc1-c1ncnc(C(=O)O)c1F. The molecule has 0 bridgehead atoms. The average Bonchev–Trinajstić information content (AvgIpc) is 2.38. The average molecular weight is 283 g/mol. The van der Waals surface area contributed by atoms with E-state index in [0.29, 0.717) is 10.8 Å². The summed E-state index contributed by atoms with van der Waals surface area (Å²) in [4.78, 5) is 18.0. The number of carboxylic acid groups (broad SMARTS) is 1. The van der Waals surface area contributed by atoms with Gasteiger partial charge in [0.15, 0.2) is 11.5 Å². The fourth-order valence-electron chi connectivity index (χ4n) is 1.57. The van der Waals surface area contributed by atoms with Crippen LogP contribution < -0.4 is 4.74 Å². The Morgan fingerprint density at radius 2 is 2.16 bits per heavy atom. The van der Waals surface area contributed by atoms with Crippen LogP contribution in [0.4, 0.5) is 4.39 Å². The quantitative estimate of drug-likeness (QED) is 0.937. The summed E-state index contributed by atoms with van der Waals surface area (Å²) in [5.74, 6) is -2.17. The van der Waals surface area contributed by atoms with Gasteiger partial charge >= 0.3 is 5.97 Å². The highest BCUT2D eigenvalue weighted by Crippen LogP contribution is 2.33. The number of rotatable bonds is 3. The van der Waals surface area contributed by atoms with Crippen molar-refractivity contribution >= 4 is 17.6 Å². The maximum absolute atomic E-state index is 14.1. The minimum atomic E-state index is -1.47. The van der Waals surface area contributed by atoms with Gasteiger partial charge in [-0.05, 0) is 18.2 Å². The van der Waals surface area contributed by atoms with Crippen molar-refractivity contribution in [3.63, 3.8) is 0 Å². The molecule has 0 unspecified atom stereocenters. The number of hydrogen-bond donors (Lipinski definition) is 1. The van der Waals surface area contributed by atoms with Crippen LogP contribution in [0, 0.1) is 5.82 Å². The van der Waals surface area contributed by atoms with Crippen LogP contribution in [0.15, 0.2) is 24.5 Å². The fraction of sp³-hybridized carbons (Fsp3) is 0.0833. The van der Waals surface area contributed by atoms with E-state index in [0.717, 1.165) is 6.33 Å². The van der Waals surface area contributed by atoms with E-state index < -0.39 is 17.5 Å². The summed E-state index contributed by atoms with van der Waals surface area (Å²) < 4.78 is 19.1. The van der Waals surface area contributed by atoms with Crippen molar-refractivity contribution in [1.29, 1.82) is 0 Å². The van der Waals surface area contributed by atoms with E-state index >= 15 is 0 Å². The summed E-state index contributed by atoms with van der Waals surface area (Å²) in [6.45, 7) is 0. The largest absolute Gasteiger partial charge is 0.496 e.